The molecule has 1 amide bonds. The first-order valence-corrected chi connectivity index (χ1v) is 7.63. The molecule has 2 heterocycles. The molecule has 2 aliphatic rings. The summed E-state index contributed by atoms with van der Waals surface area (Å²) in [5.74, 6) is -0.335. The monoisotopic (exact) mass is 298 g/mol. The van der Waals surface area contributed by atoms with Crippen molar-refractivity contribution in [1.29, 1.82) is 0 Å². The molecule has 0 radical (unpaired) electrons. The number of likely N-dealkylation sites (tertiary alicyclic amines) is 1. The molecule has 1 unspecified atom stereocenters. The van der Waals surface area contributed by atoms with Gasteiger partial charge in [0, 0.05) is 25.0 Å². The molecular formula is C15H26N2O4. The third-order valence-corrected chi connectivity index (χ3v) is 4.12. The molecule has 0 bridgehead atoms. The Hall–Kier alpha value is -1.30. The molecule has 120 valence electrons. The number of rotatable bonds is 2. The normalized spacial score (nSPS) is 24.4. The number of nitrogens with zero attached hydrogens (tertiary/aromatic N) is 1. The minimum Gasteiger partial charge on any atom is -0.466 e. The number of ether oxygens (including phenoxy) is 2. The molecule has 0 aromatic rings. The van der Waals surface area contributed by atoms with Gasteiger partial charge >= 0.3 is 12.1 Å². The predicted molar refractivity (Wildman–Crippen MR) is 77.8 cm³/mol. The van der Waals surface area contributed by atoms with Crippen molar-refractivity contribution in [2.75, 3.05) is 32.8 Å². The van der Waals surface area contributed by atoms with E-state index in [0.29, 0.717) is 26.2 Å². The smallest absolute Gasteiger partial charge is 0.410 e. The van der Waals surface area contributed by atoms with Gasteiger partial charge in [-0.25, -0.2) is 4.79 Å². The number of hydrogen-bond donors (Lipinski definition) is 1. The Labute approximate surface area is 126 Å². The molecule has 1 spiro atoms. The highest BCUT2D eigenvalue weighted by Crippen LogP contribution is 2.43. The third kappa shape index (κ3) is 3.48. The van der Waals surface area contributed by atoms with Crippen molar-refractivity contribution in [2.24, 2.45) is 11.3 Å². The van der Waals surface area contributed by atoms with Crippen molar-refractivity contribution in [2.45, 2.75) is 39.7 Å². The summed E-state index contributed by atoms with van der Waals surface area (Å²) in [5, 5.41) is 3.24. The number of esters is 1. The average molecular weight is 298 g/mol. The van der Waals surface area contributed by atoms with Gasteiger partial charge in [0.25, 0.3) is 0 Å². The minimum atomic E-state index is -0.492. The maximum atomic E-state index is 12.1. The molecule has 1 N–H and O–H groups in total. The molecule has 0 aromatic heterocycles. The van der Waals surface area contributed by atoms with Crippen LogP contribution in [-0.2, 0) is 14.3 Å². The van der Waals surface area contributed by atoms with Crippen molar-refractivity contribution in [3.8, 4) is 0 Å². The standard InChI is InChI=1S/C15H26N2O4/c1-5-20-12(18)11-8-16-7-6-15(11)9-17(10-15)13(19)21-14(2,3)4/h11,16H,5-10H2,1-4H3. The number of hydrogen-bond acceptors (Lipinski definition) is 5. The first-order chi connectivity index (χ1) is 9.77. The first-order valence-electron chi connectivity index (χ1n) is 7.63. The Kier molecular flexibility index (Phi) is 4.46. The van der Waals surface area contributed by atoms with Crippen LogP contribution in [0.3, 0.4) is 0 Å². The summed E-state index contributed by atoms with van der Waals surface area (Å²) in [5.41, 5.74) is -0.636. The van der Waals surface area contributed by atoms with Crippen LogP contribution in [0.1, 0.15) is 34.1 Å². The van der Waals surface area contributed by atoms with Crippen LogP contribution in [0.5, 0.6) is 0 Å². The van der Waals surface area contributed by atoms with E-state index >= 15 is 0 Å². The van der Waals surface area contributed by atoms with Crippen molar-refractivity contribution >= 4 is 12.1 Å². The molecule has 2 fully saturated rings. The number of carbonyl (C=O) groups is 2. The zero-order valence-electron chi connectivity index (χ0n) is 13.4. The first kappa shape index (κ1) is 16.1. The van der Waals surface area contributed by atoms with Gasteiger partial charge in [-0.2, -0.15) is 0 Å². The summed E-state index contributed by atoms with van der Waals surface area (Å²) in [6.45, 7) is 10.4. The van der Waals surface area contributed by atoms with Gasteiger partial charge in [0.05, 0.1) is 12.5 Å². The quantitative estimate of drug-likeness (QED) is 0.780. The summed E-state index contributed by atoms with van der Waals surface area (Å²) in [6.07, 6.45) is 0.588. The van der Waals surface area contributed by atoms with E-state index < -0.39 is 5.60 Å². The van der Waals surface area contributed by atoms with E-state index in [9.17, 15) is 9.59 Å². The Morgan fingerprint density at radius 1 is 1.33 bits per heavy atom. The number of nitrogens with one attached hydrogen (secondary N) is 1. The van der Waals surface area contributed by atoms with Crippen LogP contribution >= 0.6 is 0 Å². The maximum absolute atomic E-state index is 12.1. The Morgan fingerprint density at radius 2 is 2.00 bits per heavy atom. The number of amides is 1. The van der Waals surface area contributed by atoms with Gasteiger partial charge in [-0.05, 0) is 40.7 Å². The van der Waals surface area contributed by atoms with Gasteiger partial charge in [0.1, 0.15) is 5.60 Å². The number of carbonyl (C=O) groups excluding carboxylic acids is 2. The van der Waals surface area contributed by atoms with Gasteiger partial charge < -0.3 is 19.7 Å². The third-order valence-electron chi connectivity index (χ3n) is 4.12. The Morgan fingerprint density at radius 3 is 2.57 bits per heavy atom. The van der Waals surface area contributed by atoms with Crippen LogP contribution in [0.4, 0.5) is 4.79 Å². The van der Waals surface area contributed by atoms with E-state index in [-0.39, 0.29) is 23.4 Å². The molecule has 1 atom stereocenters. The largest absolute Gasteiger partial charge is 0.466 e. The van der Waals surface area contributed by atoms with Crippen LogP contribution in [0.25, 0.3) is 0 Å². The van der Waals surface area contributed by atoms with Gasteiger partial charge in [-0.3, -0.25) is 4.79 Å². The highest BCUT2D eigenvalue weighted by Gasteiger charge is 2.55. The highest BCUT2D eigenvalue weighted by molar-refractivity contribution is 5.76. The molecule has 0 aliphatic carbocycles. The second-order valence-electron chi connectivity index (χ2n) is 6.96. The van der Waals surface area contributed by atoms with Crippen molar-refractivity contribution in [3.05, 3.63) is 0 Å². The number of piperidine rings is 1. The molecule has 2 aliphatic heterocycles. The predicted octanol–water partition coefficient (Wildman–Crippen LogP) is 1.40. The average Bonchev–Trinajstić information content (AvgIpc) is 2.33. The van der Waals surface area contributed by atoms with Crippen molar-refractivity contribution in [3.63, 3.8) is 0 Å². The highest BCUT2D eigenvalue weighted by atomic mass is 16.6. The molecule has 0 aromatic carbocycles. The molecule has 0 saturated carbocycles. The van der Waals surface area contributed by atoms with Gasteiger partial charge in [-0.15, -0.1) is 0 Å². The molecule has 6 nitrogen and oxygen atoms in total. The fourth-order valence-corrected chi connectivity index (χ4v) is 3.10. The second kappa shape index (κ2) is 5.83. The zero-order chi connectivity index (χ0) is 15.7. The summed E-state index contributed by atoms with van der Waals surface area (Å²) < 4.78 is 10.5. The fourth-order valence-electron chi connectivity index (χ4n) is 3.10. The zero-order valence-corrected chi connectivity index (χ0v) is 13.4. The fraction of sp³-hybridized carbons (Fsp3) is 0.867. The molecular weight excluding hydrogens is 272 g/mol. The van der Waals surface area contributed by atoms with Gasteiger partial charge in [0.2, 0.25) is 0 Å². The van der Waals surface area contributed by atoms with Crippen LogP contribution in [0, 0.1) is 11.3 Å². The lowest BCUT2D eigenvalue weighted by molar-refractivity contribution is -0.162. The van der Waals surface area contributed by atoms with Crippen molar-refractivity contribution in [1.82, 2.24) is 10.2 Å². The van der Waals surface area contributed by atoms with Crippen LogP contribution < -0.4 is 5.32 Å². The minimum absolute atomic E-state index is 0.144. The van der Waals surface area contributed by atoms with E-state index in [1.165, 1.54) is 0 Å². The van der Waals surface area contributed by atoms with E-state index in [1.54, 1.807) is 4.90 Å². The summed E-state index contributed by atoms with van der Waals surface area (Å²) >= 11 is 0. The van der Waals surface area contributed by atoms with Crippen LogP contribution in [-0.4, -0.2) is 55.3 Å². The lowest BCUT2D eigenvalue weighted by atomic mass is 9.65. The van der Waals surface area contributed by atoms with Crippen molar-refractivity contribution < 1.29 is 19.1 Å². The van der Waals surface area contributed by atoms with E-state index in [4.69, 9.17) is 9.47 Å². The van der Waals surface area contributed by atoms with E-state index in [0.717, 1.165) is 13.0 Å². The second-order valence-corrected chi connectivity index (χ2v) is 6.96. The van der Waals surface area contributed by atoms with Crippen LogP contribution in [0.15, 0.2) is 0 Å². The lowest BCUT2D eigenvalue weighted by Gasteiger charge is -2.55. The van der Waals surface area contributed by atoms with Crippen LogP contribution in [0.2, 0.25) is 0 Å². The SMILES string of the molecule is CCOC(=O)C1CNCCC12CN(C(=O)OC(C)(C)C)C2. The topological polar surface area (TPSA) is 67.9 Å². The van der Waals surface area contributed by atoms with Gasteiger partial charge in [0.15, 0.2) is 0 Å². The van der Waals surface area contributed by atoms with Gasteiger partial charge in [-0.1, -0.05) is 0 Å². The maximum Gasteiger partial charge on any atom is 0.410 e. The molecule has 6 heteroatoms. The molecule has 2 saturated heterocycles. The van der Waals surface area contributed by atoms with E-state index in [1.807, 2.05) is 27.7 Å². The molecule has 21 heavy (non-hydrogen) atoms. The lowest BCUT2D eigenvalue weighted by Crippen LogP contribution is -2.67. The summed E-state index contributed by atoms with van der Waals surface area (Å²) in [6, 6.07) is 0. The van der Waals surface area contributed by atoms with E-state index in [2.05, 4.69) is 5.32 Å². The summed E-state index contributed by atoms with van der Waals surface area (Å²) in [7, 11) is 0. The Bertz CT molecular complexity index is 410. The molecule has 2 rings (SSSR count). The summed E-state index contributed by atoms with van der Waals surface area (Å²) in [4.78, 5) is 25.8. The Balaban J connectivity index is 1.97.